The SMILES string of the molecule is CC1=C(C)C([Si](c2cc(N(C)C)c(N(C)C)cc2C)(c2cc(N(C)C)c(N(C)C)cc2C)c2cc(N(C)C)c(N(C)C)cc2C)C(C)=C1C. The van der Waals surface area contributed by atoms with Crippen LogP contribution in [0.2, 0.25) is 5.54 Å². The van der Waals surface area contributed by atoms with Crippen molar-refractivity contribution in [1.29, 1.82) is 0 Å². The van der Waals surface area contributed by atoms with Gasteiger partial charge in [-0.2, -0.15) is 0 Å². The molecular weight excluding hydrogens is 617 g/mol. The van der Waals surface area contributed by atoms with Crippen LogP contribution in [-0.2, 0) is 0 Å². The van der Waals surface area contributed by atoms with Crippen LogP contribution in [0.4, 0.5) is 34.1 Å². The highest BCUT2D eigenvalue weighted by Crippen LogP contribution is 2.48. The lowest BCUT2D eigenvalue weighted by atomic mass is 10.1. The maximum Gasteiger partial charge on any atom is 0.160 e. The largest absolute Gasteiger partial charge is 0.376 e. The lowest BCUT2D eigenvalue weighted by Gasteiger charge is -2.45. The van der Waals surface area contributed by atoms with Crippen molar-refractivity contribution in [1.82, 2.24) is 0 Å². The molecule has 4 rings (SSSR count). The van der Waals surface area contributed by atoms with E-state index in [9.17, 15) is 0 Å². The lowest BCUT2D eigenvalue weighted by molar-refractivity contribution is 1.06. The van der Waals surface area contributed by atoms with Gasteiger partial charge in [0.25, 0.3) is 0 Å². The minimum absolute atomic E-state index is 0.254. The molecule has 6 nitrogen and oxygen atoms in total. The fourth-order valence-electron chi connectivity index (χ4n) is 8.37. The molecule has 0 fully saturated rings. The van der Waals surface area contributed by atoms with E-state index in [-0.39, 0.29) is 5.54 Å². The maximum atomic E-state index is 2.57. The van der Waals surface area contributed by atoms with Crippen molar-refractivity contribution in [2.75, 3.05) is 114 Å². The molecule has 266 valence electrons. The first kappa shape index (κ1) is 38.0. The zero-order valence-corrected chi connectivity index (χ0v) is 35.2. The highest BCUT2D eigenvalue weighted by molar-refractivity contribution is 7.14. The summed E-state index contributed by atoms with van der Waals surface area (Å²) in [5.74, 6) is 0. The molecule has 0 saturated heterocycles. The summed E-state index contributed by atoms with van der Waals surface area (Å²) in [5.41, 5.74) is 17.7. The van der Waals surface area contributed by atoms with Gasteiger partial charge in [-0.3, -0.25) is 0 Å². The van der Waals surface area contributed by atoms with Gasteiger partial charge in [0.15, 0.2) is 8.07 Å². The third-order valence-corrected chi connectivity index (χ3v) is 17.1. The van der Waals surface area contributed by atoms with Gasteiger partial charge < -0.3 is 29.4 Å². The number of nitrogens with zero attached hydrogens (tertiary/aromatic N) is 6. The molecule has 49 heavy (non-hydrogen) atoms. The monoisotopic (exact) mass is 680 g/mol. The van der Waals surface area contributed by atoms with Crippen LogP contribution in [0.15, 0.2) is 58.7 Å². The van der Waals surface area contributed by atoms with Crippen LogP contribution in [-0.4, -0.2) is 92.6 Å². The summed E-state index contributed by atoms with van der Waals surface area (Å²) < 4.78 is 0. The maximum absolute atomic E-state index is 2.99. The van der Waals surface area contributed by atoms with E-state index in [1.807, 2.05) is 0 Å². The first-order chi connectivity index (χ1) is 22.7. The van der Waals surface area contributed by atoms with Gasteiger partial charge in [-0.25, -0.2) is 0 Å². The van der Waals surface area contributed by atoms with Crippen LogP contribution < -0.4 is 45.0 Å². The van der Waals surface area contributed by atoms with Crippen molar-refractivity contribution in [3.8, 4) is 0 Å². The molecule has 0 N–H and O–H groups in total. The average Bonchev–Trinajstić information content (AvgIpc) is 3.20. The lowest BCUT2D eigenvalue weighted by Crippen LogP contribution is -2.72. The van der Waals surface area contributed by atoms with Gasteiger partial charge in [0.05, 0.1) is 34.1 Å². The smallest absolute Gasteiger partial charge is 0.160 e. The average molecular weight is 681 g/mol. The first-order valence-corrected chi connectivity index (χ1v) is 19.6. The van der Waals surface area contributed by atoms with E-state index in [4.69, 9.17) is 0 Å². The predicted octanol–water partition coefficient (Wildman–Crippen LogP) is 6.53. The Morgan fingerprint density at radius 2 is 0.551 bits per heavy atom. The highest BCUT2D eigenvalue weighted by atomic mass is 28.3. The molecule has 0 saturated carbocycles. The molecule has 0 heterocycles. The quantitative estimate of drug-likeness (QED) is 0.178. The van der Waals surface area contributed by atoms with Gasteiger partial charge in [-0.15, -0.1) is 0 Å². The number of rotatable bonds is 10. The van der Waals surface area contributed by atoms with E-state index >= 15 is 0 Å². The van der Waals surface area contributed by atoms with E-state index in [1.54, 1.807) is 0 Å². The normalized spacial score (nSPS) is 13.8. The van der Waals surface area contributed by atoms with E-state index in [0.29, 0.717) is 0 Å². The van der Waals surface area contributed by atoms with Crippen molar-refractivity contribution in [2.24, 2.45) is 0 Å². The summed E-state index contributed by atoms with van der Waals surface area (Å²) >= 11 is 0. The molecule has 3 aromatic carbocycles. The fraction of sp³-hybridized carbons (Fsp3) is 0.476. The molecule has 0 aromatic heterocycles. The van der Waals surface area contributed by atoms with Crippen molar-refractivity contribution in [3.63, 3.8) is 0 Å². The molecule has 0 spiro atoms. The minimum atomic E-state index is -2.99. The molecule has 0 aliphatic heterocycles. The predicted molar refractivity (Wildman–Crippen MR) is 225 cm³/mol. The summed E-state index contributed by atoms with van der Waals surface area (Å²) in [6, 6.07) is 15.1. The summed E-state index contributed by atoms with van der Waals surface area (Å²) in [6.07, 6.45) is 0. The molecule has 0 bridgehead atoms. The number of hydrogen-bond acceptors (Lipinski definition) is 6. The van der Waals surface area contributed by atoms with Gasteiger partial charge >= 0.3 is 0 Å². The summed E-state index contributed by atoms with van der Waals surface area (Å²) in [5, 5.41) is 4.47. The van der Waals surface area contributed by atoms with Crippen LogP contribution in [0, 0.1) is 20.8 Å². The second kappa shape index (κ2) is 13.8. The molecule has 0 radical (unpaired) electrons. The van der Waals surface area contributed by atoms with Crippen LogP contribution in [0.1, 0.15) is 44.4 Å². The highest BCUT2D eigenvalue weighted by Gasteiger charge is 2.53. The number of benzene rings is 3. The topological polar surface area (TPSA) is 19.4 Å². The van der Waals surface area contributed by atoms with Crippen molar-refractivity contribution in [3.05, 3.63) is 75.4 Å². The Hall–Kier alpha value is -3.84. The molecule has 0 unspecified atom stereocenters. The second-order valence-corrected chi connectivity index (χ2v) is 19.5. The van der Waals surface area contributed by atoms with E-state index in [1.165, 1.54) is 88.7 Å². The molecule has 7 heteroatoms. The molecular formula is C42H64N6Si. The van der Waals surface area contributed by atoms with Crippen LogP contribution in [0.5, 0.6) is 0 Å². The zero-order valence-electron chi connectivity index (χ0n) is 34.2. The van der Waals surface area contributed by atoms with Crippen LogP contribution >= 0.6 is 0 Å². The Morgan fingerprint density at radius 1 is 0.347 bits per heavy atom. The molecule has 1 aliphatic carbocycles. The Kier molecular flexibility index (Phi) is 10.7. The Morgan fingerprint density at radius 3 is 0.755 bits per heavy atom. The van der Waals surface area contributed by atoms with E-state index < -0.39 is 8.07 Å². The third-order valence-electron chi connectivity index (χ3n) is 11.2. The Balaban J connectivity index is 2.46. The van der Waals surface area contributed by atoms with Crippen LogP contribution in [0.25, 0.3) is 0 Å². The molecule has 1 aliphatic rings. The van der Waals surface area contributed by atoms with E-state index in [2.05, 4.69) is 199 Å². The summed E-state index contributed by atoms with van der Waals surface area (Å²) in [4.78, 5) is 13.7. The number of aryl methyl sites for hydroxylation is 3. The second-order valence-electron chi connectivity index (χ2n) is 15.7. The standard InChI is InChI=1S/C42H64N6Si/c1-26-20-33(43(8)9)36(46(14)15)23-39(26)49(42-31(6)29(4)30(5)32(42)7,40-24-37(47(16)17)34(44(10)11)21-27(40)2)41-25-38(48(18)19)35(45(12)13)22-28(41)3/h20-25,42H,1-19H3. The molecule has 0 amide bonds. The molecule has 3 aromatic rings. The summed E-state index contributed by atoms with van der Waals surface area (Å²) in [6.45, 7) is 16.6. The fourth-order valence-corrected chi connectivity index (χ4v) is 15.1. The van der Waals surface area contributed by atoms with Gasteiger partial charge in [0.1, 0.15) is 0 Å². The van der Waals surface area contributed by atoms with Crippen molar-refractivity contribution in [2.45, 2.75) is 54.0 Å². The Bertz CT molecular complexity index is 1620. The van der Waals surface area contributed by atoms with Crippen molar-refractivity contribution < 1.29 is 0 Å². The Labute approximate surface area is 300 Å². The summed E-state index contributed by atoms with van der Waals surface area (Å²) in [7, 11) is 23.1. The van der Waals surface area contributed by atoms with E-state index in [0.717, 1.165) is 0 Å². The number of anilines is 6. The van der Waals surface area contributed by atoms with Gasteiger partial charge in [-0.1, -0.05) is 11.1 Å². The number of allylic oxidation sites excluding steroid dienone is 4. The molecule has 0 atom stereocenters. The van der Waals surface area contributed by atoms with Gasteiger partial charge in [0.2, 0.25) is 0 Å². The first-order valence-electron chi connectivity index (χ1n) is 17.5. The van der Waals surface area contributed by atoms with Crippen LogP contribution in [0.3, 0.4) is 0 Å². The van der Waals surface area contributed by atoms with Gasteiger partial charge in [-0.05, 0) is 128 Å². The minimum Gasteiger partial charge on any atom is -0.376 e. The number of hydrogen-bond donors (Lipinski definition) is 0. The zero-order chi connectivity index (χ0) is 37.0. The third kappa shape index (κ3) is 6.24. The van der Waals surface area contributed by atoms with Crippen molar-refractivity contribution >= 4 is 57.8 Å². The van der Waals surface area contributed by atoms with Gasteiger partial charge in [0, 0.05) is 90.1 Å².